The molecule has 0 radical (unpaired) electrons. The Labute approximate surface area is 107 Å². The van der Waals surface area contributed by atoms with E-state index in [-0.39, 0.29) is 0 Å². The molecule has 0 aliphatic rings. The molecule has 0 atom stereocenters. The summed E-state index contributed by atoms with van der Waals surface area (Å²) in [5.74, 6) is 0. The average Bonchev–Trinajstić information content (AvgIpc) is 2.99. The normalized spacial score (nSPS) is 10.2. The fraction of sp³-hybridized carbons (Fsp3) is 0.267. The Balaban J connectivity index is 0.000000574. The number of benzene rings is 1. The van der Waals surface area contributed by atoms with Gasteiger partial charge in [-0.2, -0.15) is 5.10 Å². The number of aromatic amines is 1. The van der Waals surface area contributed by atoms with E-state index in [9.17, 15) is 0 Å². The molecule has 0 fully saturated rings. The van der Waals surface area contributed by atoms with Crippen molar-refractivity contribution in [2.75, 3.05) is 0 Å². The third-order valence-corrected chi connectivity index (χ3v) is 2.93. The van der Waals surface area contributed by atoms with Gasteiger partial charge in [-0.3, -0.25) is 4.68 Å². The molecule has 3 rings (SSSR count). The van der Waals surface area contributed by atoms with E-state index in [1.54, 1.807) is 0 Å². The zero-order chi connectivity index (χ0) is 13.1. The number of nitrogens with one attached hydrogen (secondary N) is 1. The minimum Gasteiger partial charge on any atom is -0.361 e. The lowest BCUT2D eigenvalue weighted by Gasteiger charge is -1.98. The van der Waals surface area contributed by atoms with Crippen molar-refractivity contribution in [2.24, 2.45) is 7.05 Å². The van der Waals surface area contributed by atoms with Gasteiger partial charge in [-0.15, -0.1) is 0 Å². The van der Waals surface area contributed by atoms with Crippen LogP contribution in [0.1, 0.15) is 19.4 Å². The molecule has 1 aromatic carbocycles. The second-order valence-electron chi connectivity index (χ2n) is 4.13. The van der Waals surface area contributed by atoms with Crippen LogP contribution in [0.25, 0.3) is 22.0 Å². The van der Waals surface area contributed by atoms with E-state index in [4.69, 9.17) is 0 Å². The first-order chi connectivity index (χ1) is 8.74. The molecule has 94 valence electrons. The summed E-state index contributed by atoms with van der Waals surface area (Å²) in [7, 11) is 1.93. The monoisotopic (exact) mass is 241 g/mol. The molecule has 0 bridgehead atoms. The zero-order valence-corrected chi connectivity index (χ0v) is 11.4. The summed E-state index contributed by atoms with van der Waals surface area (Å²) < 4.78 is 1.82. The lowest BCUT2D eigenvalue weighted by Crippen LogP contribution is -1.84. The highest BCUT2D eigenvalue weighted by Crippen LogP contribution is 2.25. The maximum atomic E-state index is 4.18. The largest absolute Gasteiger partial charge is 0.361 e. The maximum Gasteiger partial charge on any atom is 0.0568 e. The van der Waals surface area contributed by atoms with E-state index >= 15 is 0 Å². The standard InChI is InChI=1S/C13H13N3.C2H6/c1-9-6-14-13-5-10(3-4-12(9)13)11-7-15-16(2)8-11;1-2/h3-8,14H,1-2H3;1-2H3. The molecule has 18 heavy (non-hydrogen) atoms. The smallest absolute Gasteiger partial charge is 0.0568 e. The Morgan fingerprint density at radius 3 is 2.61 bits per heavy atom. The van der Waals surface area contributed by atoms with Crippen LogP contribution < -0.4 is 0 Å². The Hall–Kier alpha value is -2.03. The number of hydrogen-bond donors (Lipinski definition) is 1. The quantitative estimate of drug-likeness (QED) is 0.688. The summed E-state index contributed by atoms with van der Waals surface area (Å²) in [6.45, 7) is 6.11. The van der Waals surface area contributed by atoms with Crippen molar-refractivity contribution in [3.8, 4) is 11.1 Å². The number of aromatic nitrogens is 3. The van der Waals surface area contributed by atoms with Crippen LogP contribution in [-0.4, -0.2) is 14.8 Å². The number of hydrogen-bond acceptors (Lipinski definition) is 1. The molecule has 0 amide bonds. The van der Waals surface area contributed by atoms with Crippen LogP contribution in [0, 0.1) is 6.92 Å². The molecule has 0 spiro atoms. The van der Waals surface area contributed by atoms with Gasteiger partial charge in [0.2, 0.25) is 0 Å². The van der Waals surface area contributed by atoms with Crippen LogP contribution in [0.3, 0.4) is 0 Å². The number of nitrogens with zero attached hydrogens (tertiary/aromatic N) is 2. The van der Waals surface area contributed by atoms with Crippen LogP contribution in [0.15, 0.2) is 36.8 Å². The topological polar surface area (TPSA) is 33.6 Å². The molecule has 2 heterocycles. The minimum absolute atomic E-state index is 1.15. The number of H-pyrrole nitrogens is 1. The van der Waals surface area contributed by atoms with E-state index in [2.05, 4.69) is 35.2 Å². The maximum absolute atomic E-state index is 4.18. The summed E-state index contributed by atoms with van der Waals surface area (Å²) in [5, 5.41) is 5.47. The molecule has 0 saturated carbocycles. The van der Waals surface area contributed by atoms with Crippen LogP contribution >= 0.6 is 0 Å². The minimum atomic E-state index is 1.15. The summed E-state index contributed by atoms with van der Waals surface area (Å²) in [5.41, 5.74) is 4.81. The second kappa shape index (κ2) is 5.08. The van der Waals surface area contributed by atoms with E-state index in [1.165, 1.54) is 22.0 Å². The molecule has 0 aliphatic heterocycles. The first-order valence-electron chi connectivity index (χ1n) is 6.31. The Bertz CT molecular complexity index is 647. The van der Waals surface area contributed by atoms with Gasteiger partial charge in [0.25, 0.3) is 0 Å². The molecule has 3 nitrogen and oxygen atoms in total. The Kier molecular flexibility index (Phi) is 3.51. The highest BCUT2D eigenvalue weighted by Gasteiger charge is 2.03. The SMILES string of the molecule is CC.Cc1c[nH]c2cc(-c3cnn(C)c3)ccc12. The molecule has 0 unspecified atom stereocenters. The van der Waals surface area contributed by atoms with Crippen molar-refractivity contribution >= 4 is 10.9 Å². The molecule has 0 aliphatic carbocycles. The van der Waals surface area contributed by atoms with E-state index in [0.717, 1.165) is 5.56 Å². The predicted molar refractivity (Wildman–Crippen MR) is 76.6 cm³/mol. The van der Waals surface area contributed by atoms with Crippen LogP contribution in [-0.2, 0) is 7.05 Å². The summed E-state index contributed by atoms with van der Waals surface area (Å²) in [4.78, 5) is 3.28. The highest BCUT2D eigenvalue weighted by atomic mass is 15.2. The van der Waals surface area contributed by atoms with E-state index < -0.39 is 0 Å². The van der Waals surface area contributed by atoms with Crippen molar-refractivity contribution in [2.45, 2.75) is 20.8 Å². The van der Waals surface area contributed by atoms with Crippen molar-refractivity contribution in [3.63, 3.8) is 0 Å². The zero-order valence-electron chi connectivity index (χ0n) is 11.4. The lowest BCUT2D eigenvalue weighted by molar-refractivity contribution is 0.768. The van der Waals surface area contributed by atoms with Gasteiger partial charge in [-0.1, -0.05) is 26.0 Å². The molecule has 0 saturated heterocycles. The second-order valence-corrected chi connectivity index (χ2v) is 4.13. The summed E-state index contributed by atoms with van der Waals surface area (Å²) in [6.07, 6.45) is 5.95. The molecule has 3 aromatic rings. The average molecular weight is 241 g/mol. The predicted octanol–water partition coefficient (Wildman–Crippen LogP) is 3.90. The fourth-order valence-corrected chi connectivity index (χ4v) is 2.02. The number of fused-ring (bicyclic) bond motifs is 1. The van der Waals surface area contributed by atoms with Gasteiger partial charge in [0, 0.05) is 35.9 Å². The van der Waals surface area contributed by atoms with Crippen LogP contribution in [0.4, 0.5) is 0 Å². The third kappa shape index (κ3) is 2.16. The highest BCUT2D eigenvalue weighted by molar-refractivity contribution is 5.87. The summed E-state index contributed by atoms with van der Waals surface area (Å²) >= 11 is 0. The van der Waals surface area contributed by atoms with Crippen LogP contribution in [0.5, 0.6) is 0 Å². The molecule has 2 aromatic heterocycles. The Morgan fingerprint density at radius 2 is 1.94 bits per heavy atom. The first-order valence-corrected chi connectivity index (χ1v) is 6.31. The van der Waals surface area contributed by atoms with Gasteiger partial charge in [-0.05, 0) is 24.1 Å². The lowest BCUT2D eigenvalue weighted by atomic mass is 10.1. The van der Waals surface area contributed by atoms with Gasteiger partial charge in [-0.25, -0.2) is 0 Å². The molecule has 1 N–H and O–H groups in total. The van der Waals surface area contributed by atoms with Gasteiger partial charge in [0.1, 0.15) is 0 Å². The van der Waals surface area contributed by atoms with Crippen LogP contribution in [0.2, 0.25) is 0 Å². The molecule has 3 heteroatoms. The van der Waals surface area contributed by atoms with E-state index in [0.29, 0.717) is 0 Å². The fourth-order valence-electron chi connectivity index (χ4n) is 2.02. The van der Waals surface area contributed by atoms with Crippen molar-refractivity contribution < 1.29 is 0 Å². The third-order valence-electron chi connectivity index (χ3n) is 2.93. The van der Waals surface area contributed by atoms with E-state index in [1.807, 2.05) is 44.2 Å². The number of rotatable bonds is 1. The molecular weight excluding hydrogens is 222 g/mol. The van der Waals surface area contributed by atoms with Gasteiger partial charge in [0.15, 0.2) is 0 Å². The van der Waals surface area contributed by atoms with Crippen molar-refractivity contribution in [1.29, 1.82) is 0 Å². The Morgan fingerprint density at radius 1 is 1.17 bits per heavy atom. The van der Waals surface area contributed by atoms with Gasteiger partial charge in [0.05, 0.1) is 6.20 Å². The van der Waals surface area contributed by atoms with Gasteiger partial charge >= 0.3 is 0 Å². The molecular formula is C15H19N3. The van der Waals surface area contributed by atoms with Crippen molar-refractivity contribution in [3.05, 3.63) is 42.4 Å². The van der Waals surface area contributed by atoms with Gasteiger partial charge < -0.3 is 4.98 Å². The summed E-state index contributed by atoms with van der Waals surface area (Å²) in [6, 6.07) is 6.46. The number of aryl methyl sites for hydroxylation is 2. The first kappa shape index (κ1) is 12.4. The van der Waals surface area contributed by atoms with Crippen molar-refractivity contribution in [1.82, 2.24) is 14.8 Å².